The fourth-order valence-corrected chi connectivity index (χ4v) is 4.19. The first-order valence-electron chi connectivity index (χ1n) is 8.61. The number of carbonyl (C=O) groups excluding carboxylic acids is 2. The quantitative estimate of drug-likeness (QED) is 0.750. The van der Waals surface area contributed by atoms with Gasteiger partial charge in [0, 0.05) is 41.9 Å². The van der Waals surface area contributed by atoms with Gasteiger partial charge in [-0.15, -0.1) is 0 Å². The second-order valence-electron chi connectivity index (χ2n) is 6.08. The number of esters is 1. The van der Waals surface area contributed by atoms with E-state index in [4.69, 9.17) is 16.3 Å². The van der Waals surface area contributed by atoms with Gasteiger partial charge in [-0.1, -0.05) is 23.7 Å². The lowest BCUT2D eigenvalue weighted by Crippen LogP contribution is -2.49. The molecule has 6 nitrogen and oxygen atoms in total. The van der Waals surface area contributed by atoms with Gasteiger partial charge in [0.2, 0.25) is 0 Å². The molecule has 0 bridgehead atoms. The number of benzene rings is 1. The molecule has 1 aromatic rings. The highest BCUT2D eigenvalue weighted by molar-refractivity contribution is 7.99. The molecule has 0 radical (unpaired) electrons. The Morgan fingerprint density at radius 3 is 2.65 bits per heavy atom. The molecule has 2 heterocycles. The number of hydrogen-bond donors (Lipinski definition) is 2. The number of ether oxygens (including phenoxy) is 1. The molecular weight excluding hydrogens is 374 g/mol. The maximum absolute atomic E-state index is 12.7. The van der Waals surface area contributed by atoms with Crippen LogP contribution < -0.4 is 10.6 Å². The molecule has 2 N–H and O–H groups in total. The highest BCUT2D eigenvalue weighted by Crippen LogP contribution is 2.29. The fourth-order valence-electron chi connectivity index (χ4n) is 3.08. The van der Waals surface area contributed by atoms with E-state index in [1.165, 1.54) is 0 Å². The number of carbonyl (C=O) groups is 2. The molecule has 2 amide bonds. The van der Waals surface area contributed by atoms with Crippen molar-refractivity contribution in [1.82, 2.24) is 15.5 Å². The van der Waals surface area contributed by atoms with E-state index in [1.807, 2.05) is 23.9 Å². The number of amides is 2. The van der Waals surface area contributed by atoms with Crippen LogP contribution in [0.3, 0.4) is 0 Å². The standard InChI is InChI=1S/C18H22ClN3O3S/c1-2-25-17(23)15-14(11-22-7-9-26-10-8-22)20-18(24)21-16(15)12-3-5-13(19)6-4-12/h3-6,16H,2,7-11H2,1H3,(H2,20,21,24). The van der Waals surface area contributed by atoms with Gasteiger partial charge in [-0.05, 0) is 24.6 Å². The Balaban J connectivity index is 1.96. The van der Waals surface area contributed by atoms with Crippen LogP contribution in [0.5, 0.6) is 0 Å². The van der Waals surface area contributed by atoms with E-state index in [9.17, 15) is 9.59 Å². The van der Waals surface area contributed by atoms with E-state index in [-0.39, 0.29) is 12.6 Å². The molecule has 2 aliphatic heterocycles. The van der Waals surface area contributed by atoms with Crippen molar-refractivity contribution in [2.75, 3.05) is 37.7 Å². The Morgan fingerprint density at radius 1 is 1.31 bits per heavy atom. The zero-order valence-electron chi connectivity index (χ0n) is 14.6. The summed E-state index contributed by atoms with van der Waals surface area (Å²) in [4.78, 5) is 27.2. The summed E-state index contributed by atoms with van der Waals surface area (Å²) in [6.07, 6.45) is 0. The van der Waals surface area contributed by atoms with E-state index in [0.29, 0.717) is 22.8 Å². The summed E-state index contributed by atoms with van der Waals surface area (Å²) in [6.45, 7) is 4.42. The number of hydrogen-bond acceptors (Lipinski definition) is 5. The van der Waals surface area contributed by atoms with Crippen LogP contribution >= 0.6 is 23.4 Å². The van der Waals surface area contributed by atoms with Gasteiger partial charge in [0.25, 0.3) is 0 Å². The van der Waals surface area contributed by atoms with E-state index >= 15 is 0 Å². The van der Waals surface area contributed by atoms with E-state index in [2.05, 4.69) is 15.5 Å². The molecule has 1 saturated heterocycles. The zero-order valence-corrected chi connectivity index (χ0v) is 16.2. The van der Waals surface area contributed by atoms with Crippen molar-refractivity contribution < 1.29 is 14.3 Å². The monoisotopic (exact) mass is 395 g/mol. The third kappa shape index (κ3) is 4.52. The number of nitrogens with zero attached hydrogens (tertiary/aromatic N) is 1. The van der Waals surface area contributed by atoms with Gasteiger partial charge in [0.05, 0.1) is 18.2 Å². The summed E-state index contributed by atoms with van der Waals surface area (Å²) in [5.41, 5.74) is 1.85. The van der Waals surface area contributed by atoms with Crippen molar-refractivity contribution in [3.63, 3.8) is 0 Å². The first kappa shape index (κ1) is 19.1. The van der Waals surface area contributed by atoms with Gasteiger partial charge >= 0.3 is 12.0 Å². The van der Waals surface area contributed by atoms with Crippen LogP contribution in [-0.2, 0) is 9.53 Å². The molecule has 26 heavy (non-hydrogen) atoms. The van der Waals surface area contributed by atoms with Crippen LogP contribution in [0.4, 0.5) is 4.79 Å². The lowest BCUT2D eigenvalue weighted by Gasteiger charge is -2.33. The number of nitrogens with one attached hydrogen (secondary N) is 2. The maximum atomic E-state index is 12.7. The Bertz CT molecular complexity index is 702. The van der Waals surface area contributed by atoms with Gasteiger partial charge < -0.3 is 15.4 Å². The normalized spacial score (nSPS) is 21.2. The average molecular weight is 396 g/mol. The first-order chi connectivity index (χ1) is 12.6. The van der Waals surface area contributed by atoms with Crippen molar-refractivity contribution in [2.24, 2.45) is 0 Å². The molecule has 0 saturated carbocycles. The molecule has 0 spiro atoms. The summed E-state index contributed by atoms with van der Waals surface area (Å²) in [6, 6.07) is 6.23. The minimum atomic E-state index is -0.561. The topological polar surface area (TPSA) is 70.7 Å². The van der Waals surface area contributed by atoms with Gasteiger partial charge in [-0.3, -0.25) is 4.90 Å². The predicted octanol–water partition coefficient (Wildman–Crippen LogP) is 2.56. The van der Waals surface area contributed by atoms with Crippen molar-refractivity contribution >= 4 is 35.4 Å². The van der Waals surface area contributed by atoms with Gasteiger partial charge in [0.1, 0.15) is 0 Å². The molecule has 1 atom stereocenters. The molecule has 3 rings (SSSR count). The smallest absolute Gasteiger partial charge is 0.338 e. The fraction of sp³-hybridized carbons (Fsp3) is 0.444. The van der Waals surface area contributed by atoms with E-state index in [1.54, 1.807) is 19.1 Å². The summed E-state index contributed by atoms with van der Waals surface area (Å²) < 4.78 is 5.27. The minimum Gasteiger partial charge on any atom is -0.463 e. The number of rotatable bonds is 5. The number of thioether (sulfide) groups is 1. The minimum absolute atomic E-state index is 0.275. The third-order valence-electron chi connectivity index (χ3n) is 4.34. The lowest BCUT2D eigenvalue weighted by atomic mass is 9.95. The van der Waals surface area contributed by atoms with Crippen LogP contribution in [0.1, 0.15) is 18.5 Å². The van der Waals surface area contributed by atoms with Crippen molar-refractivity contribution in [2.45, 2.75) is 13.0 Å². The average Bonchev–Trinajstić information content (AvgIpc) is 2.63. The Morgan fingerprint density at radius 2 is 2.00 bits per heavy atom. The van der Waals surface area contributed by atoms with Crippen LogP contribution in [0, 0.1) is 0 Å². The summed E-state index contributed by atoms with van der Waals surface area (Å²) in [5.74, 6) is 1.69. The van der Waals surface area contributed by atoms with Crippen LogP contribution in [0.25, 0.3) is 0 Å². The molecule has 1 aromatic carbocycles. The largest absolute Gasteiger partial charge is 0.463 e. The molecule has 0 aromatic heterocycles. The Kier molecular flexibility index (Phi) is 6.45. The number of urea groups is 1. The zero-order chi connectivity index (χ0) is 18.5. The molecule has 0 aliphatic carbocycles. The number of halogens is 1. The highest BCUT2D eigenvalue weighted by atomic mass is 35.5. The Hall–Kier alpha value is -1.70. The molecular formula is C18H22ClN3O3S. The summed E-state index contributed by atoms with van der Waals surface area (Å²) >= 11 is 7.89. The maximum Gasteiger partial charge on any atom is 0.338 e. The second-order valence-corrected chi connectivity index (χ2v) is 7.75. The molecule has 1 unspecified atom stereocenters. The SMILES string of the molecule is CCOC(=O)C1=C(CN2CCSCC2)NC(=O)NC1c1ccc(Cl)cc1. The van der Waals surface area contributed by atoms with Crippen LogP contribution in [-0.4, -0.2) is 54.6 Å². The second kappa shape index (κ2) is 8.79. The van der Waals surface area contributed by atoms with Crippen molar-refractivity contribution in [3.8, 4) is 0 Å². The molecule has 140 valence electrons. The van der Waals surface area contributed by atoms with E-state index < -0.39 is 12.0 Å². The van der Waals surface area contributed by atoms with Gasteiger partial charge in [-0.2, -0.15) is 11.8 Å². The van der Waals surface area contributed by atoms with Crippen LogP contribution in [0.2, 0.25) is 5.02 Å². The van der Waals surface area contributed by atoms with Crippen molar-refractivity contribution in [3.05, 3.63) is 46.1 Å². The molecule has 2 aliphatic rings. The van der Waals surface area contributed by atoms with E-state index in [0.717, 1.165) is 30.2 Å². The molecule has 8 heteroatoms. The first-order valence-corrected chi connectivity index (χ1v) is 10.1. The highest BCUT2D eigenvalue weighted by Gasteiger charge is 2.34. The van der Waals surface area contributed by atoms with Crippen LogP contribution in [0.15, 0.2) is 35.5 Å². The molecule has 1 fully saturated rings. The third-order valence-corrected chi connectivity index (χ3v) is 5.53. The van der Waals surface area contributed by atoms with Gasteiger partial charge in [-0.25, -0.2) is 9.59 Å². The van der Waals surface area contributed by atoms with Gasteiger partial charge in [0.15, 0.2) is 0 Å². The summed E-state index contributed by atoms with van der Waals surface area (Å²) in [7, 11) is 0. The summed E-state index contributed by atoms with van der Waals surface area (Å²) in [5, 5.41) is 6.25. The Labute approximate surface area is 162 Å². The lowest BCUT2D eigenvalue weighted by molar-refractivity contribution is -0.139. The predicted molar refractivity (Wildman–Crippen MR) is 103 cm³/mol. The van der Waals surface area contributed by atoms with Crippen molar-refractivity contribution in [1.29, 1.82) is 0 Å².